The average Bonchev–Trinajstić information content (AvgIpc) is 2.72. The van der Waals surface area contributed by atoms with E-state index < -0.39 is 0 Å². The molecule has 0 unspecified atom stereocenters. The Hall–Kier alpha value is -2.00. The Labute approximate surface area is 103 Å². The maximum absolute atomic E-state index is 5.96. The smallest absolute Gasteiger partial charge is 0.138 e. The third-order valence-corrected chi connectivity index (χ3v) is 2.84. The molecule has 0 fully saturated rings. The summed E-state index contributed by atoms with van der Waals surface area (Å²) in [5.74, 6) is 0.799. The molecule has 0 aliphatic carbocycles. The minimum atomic E-state index is 0.697. The Morgan fingerprint density at radius 1 is 1.12 bits per heavy atom. The van der Waals surface area contributed by atoms with Crippen molar-refractivity contribution in [2.24, 2.45) is 0 Å². The lowest BCUT2D eigenvalue weighted by Crippen LogP contribution is -1.82. The van der Waals surface area contributed by atoms with Crippen LogP contribution in [0.1, 0.15) is 0 Å². The Kier molecular flexibility index (Phi) is 2.27. The Bertz CT molecular complexity index is 688. The molecule has 0 aliphatic rings. The summed E-state index contributed by atoms with van der Waals surface area (Å²) in [6.45, 7) is 0. The largest absolute Gasteiger partial charge is 0.399 e. The molecule has 4 heteroatoms. The van der Waals surface area contributed by atoms with Crippen LogP contribution in [0.4, 0.5) is 5.69 Å². The fourth-order valence-corrected chi connectivity index (χ4v) is 1.99. The summed E-state index contributed by atoms with van der Waals surface area (Å²) in [6, 6.07) is 13.2. The summed E-state index contributed by atoms with van der Waals surface area (Å²) in [5.41, 5.74) is 9.24. The molecule has 0 amide bonds. The van der Waals surface area contributed by atoms with Crippen molar-refractivity contribution >= 4 is 28.3 Å². The van der Waals surface area contributed by atoms with Gasteiger partial charge in [-0.1, -0.05) is 23.7 Å². The standard InChI is InChI=1S/C13H10ClN3/c14-9-3-1-2-8(6-9)13-16-11-5-4-10(15)7-12(11)17-13/h1-7H,15H2,(H,16,17). The Morgan fingerprint density at radius 2 is 2.00 bits per heavy atom. The molecule has 84 valence electrons. The molecule has 0 radical (unpaired) electrons. The van der Waals surface area contributed by atoms with Crippen molar-refractivity contribution < 1.29 is 0 Å². The van der Waals surface area contributed by atoms with Gasteiger partial charge in [0, 0.05) is 16.3 Å². The molecule has 0 saturated carbocycles. The van der Waals surface area contributed by atoms with Crippen molar-refractivity contribution in [1.29, 1.82) is 0 Å². The van der Waals surface area contributed by atoms with Gasteiger partial charge in [-0.3, -0.25) is 0 Å². The highest BCUT2D eigenvalue weighted by molar-refractivity contribution is 6.30. The number of nitrogen functional groups attached to an aromatic ring is 1. The van der Waals surface area contributed by atoms with E-state index in [9.17, 15) is 0 Å². The first-order chi connectivity index (χ1) is 8.22. The number of imidazole rings is 1. The maximum atomic E-state index is 5.96. The number of fused-ring (bicyclic) bond motifs is 1. The van der Waals surface area contributed by atoms with Crippen LogP contribution in [0.25, 0.3) is 22.4 Å². The zero-order chi connectivity index (χ0) is 11.8. The van der Waals surface area contributed by atoms with E-state index in [4.69, 9.17) is 17.3 Å². The molecule has 0 aliphatic heterocycles. The van der Waals surface area contributed by atoms with E-state index in [1.165, 1.54) is 0 Å². The highest BCUT2D eigenvalue weighted by atomic mass is 35.5. The first-order valence-electron chi connectivity index (χ1n) is 5.23. The third kappa shape index (κ3) is 1.85. The van der Waals surface area contributed by atoms with Gasteiger partial charge in [0.1, 0.15) is 5.82 Å². The fourth-order valence-electron chi connectivity index (χ4n) is 1.80. The number of nitrogens with two attached hydrogens (primary N) is 1. The molecule has 3 N–H and O–H groups in total. The second-order valence-electron chi connectivity index (χ2n) is 3.87. The van der Waals surface area contributed by atoms with Crippen LogP contribution in [-0.2, 0) is 0 Å². The van der Waals surface area contributed by atoms with Crippen molar-refractivity contribution in [3.63, 3.8) is 0 Å². The van der Waals surface area contributed by atoms with Crippen LogP contribution < -0.4 is 5.73 Å². The van der Waals surface area contributed by atoms with Gasteiger partial charge in [0.05, 0.1) is 11.0 Å². The highest BCUT2D eigenvalue weighted by Gasteiger charge is 2.05. The minimum absolute atomic E-state index is 0.697. The second kappa shape index (κ2) is 3.79. The summed E-state index contributed by atoms with van der Waals surface area (Å²) in [5, 5.41) is 0.697. The van der Waals surface area contributed by atoms with Crippen molar-refractivity contribution in [2.45, 2.75) is 0 Å². The van der Waals surface area contributed by atoms with E-state index in [1.807, 2.05) is 42.5 Å². The number of aromatic amines is 1. The summed E-state index contributed by atoms with van der Waals surface area (Å²) >= 11 is 5.96. The normalized spacial score (nSPS) is 10.9. The number of benzene rings is 2. The molecule has 0 saturated heterocycles. The number of nitrogens with zero attached hydrogens (tertiary/aromatic N) is 1. The number of rotatable bonds is 1. The van der Waals surface area contributed by atoms with E-state index in [-0.39, 0.29) is 0 Å². The predicted octanol–water partition coefficient (Wildman–Crippen LogP) is 3.47. The first kappa shape index (κ1) is 10.2. The van der Waals surface area contributed by atoms with E-state index in [0.29, 0.717) is 5.02 Å². The average molecular weight is 244 g/mol. The molecule has 0 bridgehead atoms. The van der Waals surface area contributed by atoms with Crippen LogP contribution in [-0.4, -0.2) is 9.97 Å². The van der Waals surface area contributed by atoms with Crippen molar-refractivity contribution in [3.05, 3.63) is 47.5 Å². The summed E-state index contributed by atoms with van der Waals surface area (Å²) in [6.07, 6.45) is 0. The van der Waals surface area contributed by atoms with Crippen molar-refractivity contribution in [1.82, 2.24) is 9.97 Å². The van der Waals surface area contributed by atoms with E-state index >= 15 is 0 Å². The molecule has 3 nitrogen and oxygen atoms in total. The first-order valence-corrected chi connectivity index (χ1v) is 5.61. The maximum Gasteiger partial charge on any atom is 0.138 e. The third-order valence-electron chi connectivity index (χ3n) is 2.60. The van der Waals surface area contributed by atoms with E-state index in [2.05, 4.69) is 9.97 Å². The predicted molar refractivity (Wildman–Crippen MR) is 71.0 cm³/mol. The molecule has 3 aromatic rings. The monoisotopic (exact) mass is 243 g/mol. The molecular weight excluding hydrogens is 234 g/mol. The number of H-pyrrole nitrogens is 1. The van der Waals surface area contributed by atoms with Gasteiger partial charge in [0.15, 0.2) is 0 Å². The van der Waals surface area contributed by atoms with Gasteiger partial charge in [0.2, 0.25) is 0 Å². The lowest BCUT2D eigenvalue weighted by atomic mass is 10.2. The molecule has 0 spiro atoms. The topological polar surface area (TPSA) is 54.7 Å². The summed E-state index contributed by atoms with van der Waals surface area (Å²) < 4.78 is 0. The minimum Gasteiger partial charge on any atom is -0.399 e. The zero-order valence-corrected chi connectivity index (χ0v) is 9.70. The number of hydrogen-bond donors (Lipinski definition) is 2. The quantitative estimate of drug-likeness (QED) is 0.643. The summed E-state index contributed by atoms with van der Waals surface area (Å²) in [7, 11) is 0. The lowest BCUT2D eigenvalue weighted by molar-refractivity contribution is 1.34. The van der Waals surface area contributed by atoms with Crippen molar-refractivity contribution in [3.8, 4) is 11.4 Å². The van der Waals surface area contributed by atoms with Gasteiger partial charge < -0.3 is 10.7 Å². The van der Waals surface area contributed by atoms with Crippen LogP contribution in [0.15, 0.2) is 42.5 Å². The van der Waals surface area contributed by atoms with Gasteiger partial charge in [0.25, 0.3) is 0 Å². The molecule has 17 heavy (non-hydrogen) atoms. The molecule has 1 heterocycles. The SMILES string of the molecule is Nc1ccc2nc(-c3cccc(Cl)c3)[nH]c2c1. The molecule has 0 atom stereocenters. The Morgan fingerprint density at radius 3 is 2.82 bits per heavy atom. The van der Waals surface area contributed by atoms with Gasteiger partial charge >= 0.3 is 0 Å². The highest BCUT2D eigenvalue weighted by Crippen LogP contribution is 2.23. The summed E-state index contributed by atoms with van der Waals surface area (Å²) in [4.78, 5) is 7.73. The number of anilines is 1. The molecule has 2 aromatic carbocycles. The number of halogens is 1. The van der Waals surface area contributed by atoms with Crippen LogP contribution in [0.2, 0.25) is 5.02 Å². The number of nitrogens with one attached hydrogen (secondary N) is 1. The second-order valence-corrected chi connectivity index (χ2v) is 4.31. The van der Waals surface area contributed by atoms with Gasteiger partial charge in [-0.15, -0.1) is 0 Å². The molecular formula is C13H10ClN3. The molecule has 3 rings (SSSR count). The fraction of sp³-hybridized carbons (Fsp3) is 0. The van der Waals surface area contributed by atoms with Crippen LogP contribution in [0.5, 0.6) is 0 Å². The number of aromatic nitrogens is 2. The Balaban J connectivity index is 2.18. The van der Waals surface area contributed by atoms with Crippen LogP contribution >= 0.6 is 11.6 Å². The molecule has 1 aromatic heterocycles. The zero-order valence-electron chi connectivity index (χ0n) is 8.94. The van der Waals surface area contributed by atoms with Gasteiger partial charge in [-0.25, -0.2) is 4.98 Å². The van der Waals surface area contributed by atoms with Gasteiger partial charge in [-0.05, 0) is 30.3 Å². The lowest BCUT2D eigenvalue weighted by Gasteiger charge is -1.96. The van der Waals surface area contributed by atoms with E-state index in [1.54, 1.807) is 0 Å². The number of hydrogen-bond acceptors (Lipinski definition) is 2. The van der Waals surface area contributed by atoms with Crippen LogP contribution in [0.3, 0.4) is 0 Å². The van der Waals surface area contributed by atoms with Gasteiger partial charge in [-0.2, -0.15) is 0 Å². The van der Waals surface area contributed by atoms with Crippen LogP contribution in [0, 0.1) is 0 Å². The van der Waals surface area contributed by atoms with E-state index in [0.717, 1.165) is 28.1 Å². The van der Waals surface area contributed by atoms with Crippen molar-refractivity contribution in [2.75, 3.05) is 5.73 Å².